The standard InChI is InChI=1S/C19H23N4O8P/c1-18(26)15(24)19(29-16(18)23-8-4-14(20)22-17(23)25)10-13(19)31-32(27)28-9-5-12(30-32)11-2-6-21-7-3-11/h2-4,6-8,12-13,15-16,24,26H,5,9-10H2,1H3,(H2,20,22,25)/t12?,13-,15+,16-,18-,19?,32?/m1/s1. The van der Waals surface area contributed by atoms with Gasteiger partial charge in [0.15, 0.2) is 6.23 Å². The van der Waals surface area contributed by atoms with Crippen molar-refractivity contribution in [2.45, 2.75) is 55.5 Å². The van der Waals surface area contributed by atoms with E-state index in [9.17, 15) is 19.6 Å². The maximum atomic E-state index is 13.2. The van der Waals surface area contributed by atoms with Gasteiger partial charge in [0.1, 0.15) is 29.2 Å². The summed E-state index contributed by atoms with van der Waals surface area (Å²) < 4.78 is 36.7. The van der Waals surface area contributed by atoms with E-state index >= 15 is 0 Å². The Kier molecular flexibility index (Phi) is 5.02. The van der Waals surface area contributed by atoms with E-state index in [1.54, 1.807) is 24.5 Å². The van der Waals surface area contributed by atoms with Crippen LogP contribution in [-0.2, 0) is 22.9 Å². The van der Waals surface area contributed by atoms with Crippen LogP contribution in [-0.4, -0.2) is 54.8 Å². The number of rotatable bonds is 4. The summed E-state index contributed by atoms with van der Waals surface area (Å²) in [5.41, 5.74) is 2.32. The minimum atomic E-state index is -3.97. The predicted octanol–water partition coefficient (Wildman–Crippen LogP) is 0.675. The Balaban J connectivity index is 1.34. The van der Waals surface area contributed by atoms with E-state index in [-0.39, 0.29) is 18.8 Å². The molecule has 7 atom stereocenters. The zero-order valence-corrected chi connectivity index (χ0v) is 18.0. The van der Waals surface area contributed by atoms with Crippen molar-refractivity contribution in [1.82, 2.24) is 14.5 Å². The lowest BCUT2D eigenvalue weighted by Crippen LogP contribution is -2.46. The van der Waals surface area contributed by atoms with Gasteiger partial charge in [-0.1, -0.05) is 0 Å². The third-order valence-electron chi connectivity index (χ3n) is 6.06. The monoisotopic (exact) mass is 466 g/mol. The highest BCUT2D eigenvalue weighted by molar-refractivity contribution is 7.48. The Bertz CT molecular complexity index is 1130. The molecule has 0 aromatic carbocycles. The molecular weight excluding hydrogens is 443 g/mol. The quantitative estimate of drug-likeness (QED) is 0.542. The van der Waals surface area contributed by atoms with Crippen LogP contribution in [0.1, 0.15) is 37.7 Å². The third kappa shape index (κ3) is 3.48. The molecule has 2 saturated heterocycles. The maximum absolute atomic E-state index is 13.2. The Labute approximate surface area is 182 Å². The molecule has 3 unspecified atom stereocenters. The number of anilines is 1. The minimum absolute atomic E-state index is 0.0141. The molecule has 1 spiro atoms. The Morgan fingerprint density at radius 2 is 2.09 bits per heavy atom. The molecular formula is C19H23N4O8P. The molecule has 13 heteroatoms. The number of phosphoric acid groups is 1. The predicted molar refractivity (Wildman–Crippen MR) is 108 cm³/mol. The Morgan fingerprint density at radius 3 is 2.81 bits per heavy atom. The van der Waals surface area contributed by atoms with Crippen molar-refractivity contribution in [3.8, 4) is 0 Å². The van der Waals surface area contributed by atoms with Crippen molar-refractivity contribution in [3.63, 3.8) is 0 Å². The summed E-state index contributed by atoms with van der Waals surface area (Å²) in [6.07, 6.45) is 1.05. The SMILES string of the molecule is C[C@@]1(O)[C@H](O)C2(C[C@H]2OP2(=O)OCCC(c3ccncc3)O2)O[C@H]1n1ccc(N)nc1=O. The number of pyridine rings is 1. The van der Waals surface area contributed by atoms with Crippen LogP contribution in [0.3, 0.4) is 0 Å². The second-order valence-corrected chi connectivity index (χ2v) is 9.91. The van der Waals surface area contributed by atoms with Gasteiger partial charge in [-0.2, -0.15) is 4.98 Å². The van der Waals surface area contributed by atoms with Gasteiger partial charge in [-0.05, 0) is 30.7 Å². The topological polar surface area (TPSA) is 168 Å². The lowest BCUT2D eigenvalue weighted by molar-refractivity contribution is -0.101. The van der Waals surface area contributed by atoms with Crippen LogP contribution in [0.2, 0.25) is 0 Å². The fourth-order valence-electron chi connectivity index (χ4n) is 4.26. The van der Waals surface area contributed by atoms with Gasteiger partial charge < -0.3 is 20.7 Å². The van der Waals surface area contributed by atoms with E-state index in [1.807, 2.05) is 0 Å². The molecule has 32 heavy (non-hydrogen) atoms. The third-order valence-corrected chi connectivity index (χ3v) is 7.59. The molecule has 1 saturated carbocycles. The van der Waals surface area contributed by atoms with Crippen LogP contribution in [0.25, 0.3) is 0 Å². The van der Waals surface area contributed by atoms with Gasteiger partial charge in [-0.15, -0.1) is 0 Å². The van der Waals surface area contributed by atoms with Gasteiger partial charge >= 0.3 is 13.5 Å². The largest absolute Gasteiger partial charge is 0.475 e. The summed E-state index contributed by atoms with van der Waals surface area (Å²) in [4.78, 5) is 19.8. The van der Waals surface area contributed by atoms with Gasteiger partial charge in [0, 0.05) is 31.4 Å². The molecule has 2 aromatic heterocycles. The first-order chi connectivity index (χ1) is 15.1. The first kappa shape index (κ1) is 21.7. The van der Waals surface area contributed by atoms with Gasteiger partial charge in [0.25, 0.3) is 0 Å². The molecule has 5 rings (SSSR count). The van der Waals surface area contributed by atoms with Crippen LogP contribution in [0, 0.1) is 0 Å². The van der Waals surface area contributed by atoms with Crippen LogP contribution >= 0.6 is 7.82 Å². The fraction of sp³-hybridized carbons (Fsp3) is 0.526. The molecule has 4 N–H and O–H groups in total. The lowest BCUT2D eigenvalue weighted by Gasteiger charge is -2.29. The molecule has 172 valence electrons. The second kappa shape index (κ2) is 7.42. The van der Waals surface area contributed by atoms with Crippen LogP contribution in [0.15, 0.2) is 41.6 Å². The Morgan fingerprint density at radius 1 is 1.34 bits per heavy atom. The molecule has 2 aliphatic heterocycles. The van der Waals surface area contributed by atoms with Crippen molar-refractivity contribution < 1.29 is 33.1 Å². The number of aromatic nitrogens is 3. The maximum Gasteiger partial charge on any atom is 0.475 e. The van der Waals surface area contributed by atoms with Gasteiger partial charge in [-0.25, -0.2) is 9.36 Å². The second-order valence-electron chi connectivity index (χ2n) is 8.34. The minimum Gasteiger partial charge on any atom is -0.387 e. The van der Waals surface area contributed by atoms with E-state index < -0.39 is 49.3 Å². The molecule has 2 aromatic rings. The van der Waals surface area contributed by atoms with Crippen molar-refractivity contribution in [1.29, 1.82) is 0 Å². The lowest BCUT2D eigenvalue weighted by atomic mass is 9.95. The number of nitrogen functional groups attached to an aromatic ring is 1. The van der Waals surface area contributed by atoms with E-state index in [4.69, 9.17) is 24.0 Å². The zero-order chi connectivity index (χ0) is 22.7. The summed E-state index contributed by atoms with van der Waals surface area (Å²) in [5.74, 6) is 0.0141. The van der Waals surface area contributed by atoms with E-state index in [0.717, 1.165) is 10.1 Å². The van der Waals surface area contributed by atoms with Crippen molar-refractivity contribution in [3.05, 3.63) is 52.8 Å². The zero-order valence-electron chi connectivity index (χ0n) is 17.1. The molecule has 3 fully saturated rings. The average molecular weight is 466 g/mol. The summed E-state index contributed by atoms with van der Waals surface area (Å²) in [6.45, 7) is 1.49. The van der Waals surface area contributed by atoms with E-state index in [1.165, 1.54) is 19.2 Å². The van der Waals surface area contributed by atoms with Crippen molar-refractivity contribution in [2.24, 2.45) is 0 Å². The smallest absolute Gasteiger partial charge is 0.387 e. The Hall–Kier alpha value is -2.18. The number of phosphoric ester groups is 1. The summed E-state index contributed by atoms with van der Waals surface area (Å²) >= 11 is 0. The number of hydrogen-bond donors (Lipinski definition) is 3. The van der Waals surface area contributed by atoms with Gasteiger partial charge in [0.05, 0.1) is 12.7 Å². The highest BCUT2D eigenvalue weighted by atomic mass is 31.2. The fourth-order valence-corrected chi connectivity index (χ4v) is 5.86. The van der Waals surface area contributed by atoms with E-state index in [0.29, 0.717) is 6.42 Å². The highest BCUT2D eigenvalue weighted by Gasteiger charge is 2.75. The average Bonchev–Trinajstić information content (AvgIpc) is 3.39. The number of ether oxygens (including phenoxy) is 1. The number of nitrogens with two attached hydrogens (primary N) is 1. The number of nitrogens with zero attached hydrogens (tertiary/aromatic N) is 3. The molecule has 4 heterocycles. The molecule has 3 aliphatic rings. The van der Waals surface area contributed by atoms with Gasteiger partial charge in [-0.3, -0.25) is 23.1 Å². The van der Waals surface area contributed by atoms with Crippen LogP contribution in [0.4, 0.5) is 5.82 Å². The van der Waals surface area contributed by atoms with Crippen molar-refractivity contribution in [2.75, 3.05) is 12.3 Å². The molecule has 1 aliphatic carbocycles. The van der Waals surface area contributed by atoms with Crippen LogP contribution < -0.4 is 11.4 Å². The first-order valence-electron chi connectivity index (χ1n) is 10.1. The molecule has 12 nitrogen and oxygen atoms in total. The highest BCUT2D eigenvalue weighted by Crippen LogP contribution is 2.65. The van der Waals surface area contributed by atoms with E-state index in [2.05, 4.69) is 9.97 Å². The van der Waals surface area contributed by atoms with Crippen LogP contribution in [0.5, 0.6) is 0 Å². The first-order valence-corrected chi connectivity index (χ1v) is 11.5. The normalized spacial score (nSPS) is 41.1. The number of hydrogen-bond acceptors (Lipinski definition) is 11. The summed E-state index contributed by atoms with van der Waals surface area (Å²) in [5, 5.41) is 21.8. The summed E-state index contributed by atoms with van der Waals surface area (Å²) in [6, 6.07) is 4.88. The number of aliphatic hydroxyl groups excluding tert-OH is 1. The van der Waals surface area contributed by atoms with Crippen molar-refractivity contribution >= 4 is 13.6 Å². The number of aliphatic hydroxyl groups is 2. The molecule has 0 radical (unpaired) electrons. The summed E-state index contributed by atoms with van der Waals surface area (Å²) in [7, 11) is -3.97. The molecule has 0 amide bonds. The van der Waals surface area contributed by atoms with Gasteiger partial charge in [0.2, 0.25) is 0 Å². The molecule has 0 bridgehead atoms.